The van der Waals surface area contributed by atoms with Gasteiger partial charge in [-0.1, -0.05) is 18.2 Å². The number of nitrogens with zero attached hydrogens (tertiary/aromatic N) is 3. The molecule has 2 atom stereocenters. The van der Waals surface area contributed by atoms with Gasteiger partial charge in [0.15, 0.2) is 0 Å². The van der Waals surface area contributed by atoms with Crippen molar-refractivity contribution in [2.75, 3.05) is 18.6 Å². The number of nitro groups is 2. The normalized spacial score (nSPS) is 18.5. The lowest BCUT2D eigenvalue weighted by Crippen LogP contribution is -2.37. The van der Waals surface area contributed by atoms with Crippen molar-refractivity contribution >= 4 is 33.1 Å². The molecule has 1 aliphatic heterocycles. The van der Waals surface area contributed by atoms with Crippen LogP contribution in [-0.2, 0) is 23.8 Å². The molecule has 0 saturated carbocycles. The Morgan fingerprint density at radius 1 is 1.10 bits per heavy atom. The summed E-state index contributed by atoms with van der Waals surface area (Å²) in [7, 11) is -3.26. The number of hydrogen-bond donors (Lipinski definition) is 0. The monoisotopic (exact) mass is 451 g/mol. The molecule has 2 aromatic carbocycles. The summed E-state index contributed by atoms with van der Waals surface area (Å²) in [6.07, 6.45) is -1.17. The Bertz CT molecular complexity index is 1140. The zero-order chi connectivity index (χ0) is 22.8. The second kappa shape index (κ2) is 8.65. The van der Waals surface area contributed by atoms with Gasteiger partial charge in [-0.2, -0.15) is 8.42 Å². The molecule has 31 heavy (non-hydrogen) atoms. The number of anilines is 1. The van der Waals surface area contributed by atoms with Crippen LogP contribution in [0.3, 0.4) is 0 Å². The molecule has 0 bridgehead atoms. The van der Waals surface area contributed by atoms with E-state index in [0.29, 0.717) is 0 Å². The van der Waals surface area contributed by atoms with E-state index in [9.17, 15) is 33.4 Å². The molecular weight excluding hydrogens is 434 g/mol. The highest BCUT2D eigenvalue weighted by molar-refractivity contribution is 7.86. The second-order valence-corrected chi connectivity index (χ2v) is 8.17. The molecule has 0 N–H and O–H groups in total. The second-order valence-electron chi connectivity index (χ2n) is 6.60. The van der Waals surface area contributed by atoms with Crippen molar-refractivity contribution in [2.24, 2.45) is 0 Å². The van der Waals surface area contributed by atoms with Crippen LogP contribution in [-0.4, -0.2) is 50.0 Å². The van der Waals surface area contributed by atoms with Crippen molar-refractivity contribution in [1.82, 2.24) is 0 Å². The van der Waals surface area contributed by atoms with E-state index in [1.54, 1.807) is 6.07 Å². The number of carbonyl (C=O) groups excluding carboxylic acids is 1. The number of esters is 1. The van der Waals surface area contributed by atoms with E-state index in [1.165, 1.54) is 29.2 Å². The van der Waals surface area contributed by atoms with Crippen molar-refractivity contribution in [3.63, 3.8) is 0 Å². The maximum Gasteiger partial charge on any atom is 0.328 e. The fraction of sp³-hybridized carbons (Fsp3) is 0.278. The van der Waals surface area contributed by atoms with Crippen LogP contribution in [0.2, 0.25) is 0 Å². The van der Waals surface area contributed by atoms with Crippen molar-refractivity contribution < 1.29 is 32.0 Å². The first-order valence-electron chi connectivity index (χ1n) is 8.89. The highest BCUT2D eigenvalue weighted by Crippen LogP contribution is 2.35. The van der Waals surface area contributed by atoms with E-state index in [1.807, 2.05) is 0 Å². The van der Waals surface area contributed by atoms with Crippen molar-refractivity contribution in [3.05, 3.63) is 68.8 Å². The van der Waals surface area contributed by atoms with Gasteiger partial charge in [0.05, 0.1) is 23.1 Å². The van der Waals surface area contributed by atoms with Gasteiger partial charge >= 0.3 is 5.97 Å². The van der Waals surface area contributed by atoms with Crippen LogP contribution in [0.1, 0.15) is 6.42 Å². The zero-order valence-electron chi connectivity index (χ0n) is 16.1. The topological polar surface area (TPSA) is 159 Å². The van der Waals surface area contributed by atoms with Crippen LogP contribution >= 0.6 is 0 Å². The maximum absolute atomic E-state index is 12.6. The van der Waals surface area contributed by atoms with Gasteiger partial charge in [-0.15, -0.1) is 0 Å². The van der Waals surface area contributed by atoms with Crippen LogP contribution < -0.4 is 4.90 Å². The zero-order valence-corrected chi connectivity index (χ0v) is 16.9. The largest absolute Gasteiger partial charge is 0.467 e. The number of benzene rings is 2. The predicted molar refractivity (Wildman–Crippen MR) is 106 cm³/mol. The standard InChI is InChI=1S/C18H17N3O9S/c1-29-18(22)17-10-13(11-19(17)15-7-2-3-8-16(15)21(25)26)30-31(27,28)14-6-4-5-12(9-14)20(23)24/h2-9,13,17H,10-11H2,1H3/t13-,17?/m0/s1. The summed E-state index contributed by atoms with van der Waals surface area (Å²) in [5, 5.41) is 22.3. The Kier molecular flexibility index (Phi) is 6.17. The van der Waals surface area contributed by atoms with Crippen molar-refractivity contribution in [2.45, 2.75) is 23.5 Å². The third kappa shape index (κ3) is 4.62. The minimum Gasteiger partial charge on any atom is -0.467 e. The Balaban J connectivity index is 1.91. The molecule has 1 saturated heterocycles. The number of ether oxygens (including phenoxy) is 1. The molecule has 13 heteroatoms. The average Bonchev–Trinajstić information content (AvgIpc) is 3.16. The minimum absolute atomic E-state index is 0.113. The summed E-state index contributed by atoms with van der Waals surface area (Å²) < 4.78 is 35.3. The Morgan fingerprint density at radius 2 is 1.81 bits per heavy atom. The molecule has 0 radical (unpaired) electrons. The third-order valence-corrected chi connectivity index (χ3v) is 6.06. The number of para-hydroxylation sites is 2. The quantitative estimate of drug-likeness (QED) is 0.264. The van der Waals surface area contributed by atoms with Crippen LogP contribution in [0.4, 0.5) is 17.1 Å². The fourth-order valence-corrected chi connectivity index (χ4v) is 4.46. The molecule has 12 nitrogen and oxygen atoms in total. The number of hydrogen-bond acceptors (Lipinski definition) is 10. The first kappa shape index (κ1) is 22.1. The van der Waals surface area contributed by atoms with Crippen LogP contribution in [0.15, 0.2) is 53.4 Å². The molecule has 1 aliphatic rings. The molecule has 1 heterocycles. The molecule has 0 amide bonds. The van der Waals surface area contributed by atoms with E-state index >= 15 is 0 Å². The van der Waals surface area contributed by atoms with Gasteiger partial charge in [-0.3, -0.25) is 24.4 Å². The summed E-state index contributed by atoms with van der Waals surface area (Å²) in [5.41, 5.74) is -0.578. The summed E-state index contributed by atoms with van der Waals surface area (Å²) in [6, 6.07) is 9.05. The first-order valence-corrected chi connectivity index (χ1v) is 10.3. The Morgan fingerprint density at radius 3 is 2.45 bits per heavy atom. The van der Waals surface area contributed by atoms with Crippen LogP contribution in [0, 0.1) is 20.2 Å². The molecule has 2 aromatic rings. The number of non-ortho nitro benzene ring substituents is 1. The van der Waals surface area contributed by atoms with E-state index in [0.717, 1.165) is 25.3 Å². The van der Waals surface area contributed by atoms with Gasteiger partial charge in [0, 0.05) is 31.2 Å². The fourth-order valence-electron chi connectivity index (χ4n) is 3.34. The lowest BCUT2D eigenvalue weighted by Gasteiger charge is -2.24. The van der Waals surface area contributed by atoms with Gasteiger partial charge in [-0.05, 0) is 12.1 Å². The highest BCUT2D eigenvalue weighted by atomic mass is 32.2. The van der Waals surface area contributed by atoms with Gasteiger partial charge in [0.2, 0.25) is 0 Å². The maximum atomic E-state index is 12.6. The minimum atomic E-state index is -4.40. The third-order valence-electron chi connectivity index (χ3n) is 4.70. The molecule has 3 rings (SSSR count). The molecule has 164 valence electrons. The molecule has 0 aromatic heterocycles. The van der Waals surface area contributed by atoms with Crippen LogP contribution in [0.25, 0.3) is 0 Å². The lowest BCUT2D eigenvalue weighted by molar-refractivity contribution is -0.385. The smallest absolute Gasteiger partial charge is 0.328 e. The Labute approximate surface area is 176 Å². The van der Waals surface area contributed by atoms with E-state index in [4.69, 9.17) is 8.92 Å². The number of rotatable bonds is 7. The molecule has 1 fully saturated rings. The average molecular weight is 451 g/mol. The van der Waals surface area contributed by atoms with E-state index in [2.05, 4.69) is 0 Å². The van der Waals surface area contributed by atoms with Gasteiger partial charge in [-0.25, -0.2) is 4.79 Å². The van der Waals surface area contributed by atoms with Crippen molar-refractivity contribution in [3.8, 4) is 0 Å². The van der Waals surface area contributed by atoms with E-state index in [-0.39, 0.29) is 24.3 Å². The van der Waals surface area contributed by atoms with Crippen LogP contribution in [0.5, 0.6) is 0 Å². The predicted octanol–water partition coefficient (Wildman–Crippen LogP) is 2.03. The summed E-state index contributed by atoms with van der Waals surface area (Å²) in [6.45, 7) is -0.154. The van der Waals surface area contributed by atoms with Crippen molar-refractivity contribution in [1.29, 1.82) is 0 Å². The van der Waals surface area contributed by atoms with Gasteiger partial charge in [0.1, 0.15) is 16.6 Å². The lowest BCUT2D eigenvalue weighted by atomic mass is 10.2. The number of carbonyl (C=O) groups is 1. The first-order chi connectivity index (χ1) is 14.6. The summed E-state index contributed by atoms with van der Waals surface area (Å²) in [4.78, 5) is 34.2. The SMILES string of the molecule is COC(=O)C1C[C@H](OS(=O)(=O)c2cccc([N+](=O)[O-])c2)CN1c1ccccc1[N+](=O)[O-]. The Hall–Kier alpha value is -3.58. The van der Waals surface area contributed by atoms with Gasteiger partial charge in [0.25, 0.3) is 21.5 Å². The summed E-state index contributed by atoms with van der Waals surface area (Å²) >= 11 is 0. The highest BCUT2D eigenvalue weighted by Gasteiger charge is 2.42. The summed E-state index contributed by atoms with van der Waals surface area (Å²) in [5.74, 6) is -0.711. The molecule has 0 spiro atoms. The molecule has 0 aliphatic carbocycles. The van der Waals surface area contributed by atoms with Gasteiger partial charge < -0.3 is 9.64 Å². The van der Waals surface area contributed by atoms with E-state index < -0.39 is 48.7 Å². The number of methoxy groups -OCH3 is 1. The number of nitro benzene ring substituents is 2. The molecule has 1 unspecified atom stereocenters. The molecular formula is C18H17N3O9S.